The Labute approximate surface area is 172 Å². The average molecular weight is 428 g/mol. The summed E-state index contributed by atoms with van der Waals surface area (Å²) in [7, 11) is -3.71. The van der Waals surface area contributed by atoms with Gasteiger partial charge in [0.25, 0.3) is 0 Å². The van der Waals surface area contributed by atoms with Gasteiger partial charge in [0.15, 0.2) is 0 Å². The van der Waals surface area contributed by atoms with Crippen molar-refractivity contribution in [2.45, 2.75) is 57.4 Å². The van der Waals surface area contributed by atoms with E-state index in [2.05, 4.69) is 10.0 Å². The molecule has 1 fully saturated rings. The van der Waals surface area contributed by atoms with Crippen LogP contribution in [0.15, 0.2) is 29.2 Å². The number of rotatable bonds is 7. The van der Waals surface area contributed by atoms with Gasteiger partial charge in [-0.05, 0) is 43.5 Å². The summed E-state index contributed by atoms with van der Waals surface area (Å²) in [6.45, 7) is 6.91. The summed E-state index contributed by atoms with van der Waals surface area (Å²) in [5, 5.41) is 2.82. The second-order valence-electron chi connectivity index (χ2n) is 8.34. The molecule has 0 spiro atoms. The molecule has 0 radical (unpaired) electrons. The van der Waals surface area contributed by atoms with Gasteiger partial charge in [-0.2, -0.15) is 0 Å². The number of halogens is 1. The van der Waals surface area contributed by atoms with Crippen molar-refractivity contribution in [1.29, 1.82) is 0 Å². The molecule has 162 valence electrons. The van der Waals surface area contributed by atoms with Crippen LogP contribution >= 0.6 is 0 Å². The Morgan fingerprint density at radius 2 is 1.72 bits per heavy atom. The number of amides is 2. The van der Waals surface area contributed by atoms with Crippen molar-refractivity contribution >= 4 is 21.8 Å². The highest BCUT2D eigenvalue weighted by atomic mass is 32.2. The number of nitrogens with one attached hydrogen (secondary N) is 2. The Hall–Kier alpha value is -2.00. The molecule has 2 rings (SSSR count). The van der Waals surface area contributed by atoms with E-state index in [1.165, 1.54) is 12.1 Å². The molecular weight excluding hydrogens is 397 g/mol. The first-order valence-corrected chi connectivity index (χ1v) is 11.3. The predicted molar refractivity (Wildman–Crippen MR) is 108 cm³/mol. The second-order valence-corrected chi connectivity index (χ2v) is 10.1. The Morgan fingerprint density at radius 3 is 2.28 bits per heavy atom. The Morgan fingerprint density at radius 1 is 1.14 bits per heavy atom. The number of benzene rings is 1. The molecule has 1 heterocycles. The molecule has 1 aromatic carbocycles. The van der Waals surface area contributed by atoms with Crippen molar-refractivity contribution in [3.05, 3.63) is 30.1 Å². The Kier molecular flexibility index (Phi) is 7.76. The maximum absolute atomic E-state index is 13.0. The molecule has 0 atom stereocenters. The van der Waals surface area contributed by atoms with E-state index in [4.69, 9.17) is 0 Å². The monoisotopic (exact) mass is 427 g/mol. The normalized spacial score (nSPS) is 15.9. The highest BCUT2D eigenvalue weighted by Gasteiger charge is 2.26. The summed E-state index contributed by atoms with van der Waals surface area (Å²) in [4.78, 5) is 25.9. The number of nitrogens with zero attached hydrogens (tertiary/aromatic N) is 1. The molecular formula is C20H30FN3O4S. The molecule has 0 unspecified atom stereocenters. The van der Waals surface area contributed by atoms with Gasteiger partial charge < -0.3 is 10.2 Å². The largest absolute Gasteiger partial charge is 0.356 e. The fourth-order valence-electron chi connectivity index (χ4n) is 3.01. The zero-order chi connectivity index (χ0) is 21.7. The van der Waals surface area contributed by atoms with Crippen LogP contribution in [0.1, 0.15) is 46.5 Å². The fraction of sp³-hybridized carbons (Fsp3) is 0.600. The second kappa shape index (κ2) is 9.67. The first kappa shape index (κ1) is 23.3. The maximum atomic E-state index is 13.0. The van der Waals surface area contributed by atoms with E-state index in [1.807, 2.05) is 20.8 Å². The number of likely N-dealkylation sites (tertiary alicyclic amines) is 1. The molecule has 9 heteroatoms. The van der Waals surface area contributed by atoms with E-state index in [1.54, 1.807) is 4.90 Å². The molecule has 0 aromatic heterocycles. The van der Waals surface area contributed by atoms with E-state index in [0.717, 1.165) is 12.1 Å². The first-order valence-electron chi connectivity index (χ1n) is 9.83. The van der Waals surface area contributed by atoms with Gasteiger partial charge in [0.1, 0.15) is 5.82 Å². The van der Waals surface area contributed by atoms with Gasteiger partial charge in [0.05, 0.1) is 4.90 Å². The van der Waals surface area contributed by atoms with E-state index < -0.39 is 21.3 Å². The molecule has 0 saturated carbocycles. The summed E-state index contributed by atoms with van der Waals surface area (Å²) < 4.78 is 40.4. The highest BCUT2D eigenvalue weighted by Crippen LogP contribution is 2.17. The van der Waals surface area contributed by atoms with Gasteiger partial charge in [-0.1, -0.05) is 20.8 Å². The molecule has 2 N–H and O–H groups in total. The quantitative estimate of drug-likeness (QED) is 0.651. The minimum atomic E-state index is -3.71. The van der Waals surface area contributed by atoms with Gasteiger partial charge in [0.2, 0.25) is 21.8 Å². The number of carbonyl (C=O) groups is 2. The van der Waals surface area contributed by atoms with Crippen LogP contribution in [0, 0.1) is 11.2 Å². The standard InChI is InChI=1S/C20H30FN3O4S/c1-20(2,3)19(26)22-12-4-5-18(25)24-13-10-16(11-14-24)23-29(27,28)17-8-6-15(21)7-9-17/h6-9,16,23H,4-5,10-14H2,1-3H3,(H,22,26). The highest BCUT2D eigenvalue weighted by molar-refractivity contribution is 7.89. The average Bonchev–Trinajstić information content (AvgIpc) is 2.64. The fourth-order valence-corrected chi connectivity index (χ4v) is 4.32. The van der Waals surface area contributed by atoms with Crippen LogP contribution < -0.4 is 10.0 Å². The van der Waals surface area contributed by atoms with Crippen LogP contribution in [0.5, 0.6) is 0 Å². The lowest BCUT2D eigenvalue weighted by atomic mass is 9.96. The predicted octanol–water partition coefficient (Wildman–Crippen LogP) is 2.04. The summed E-state index contributed by atoms with van der Waals surface area (Å²) in [6.07, 6.45) is 1.95. The Bertz CT molecular complexity index is 811. The minimum Gasteiger partial charge on any atom is -0.356 e. The van der Waals surface area contributed by atoms with Crippen LogP contribution in [0.25, 0.3) is 0 Å². The third-order valence-corrected chi connectivity index (χ3v) is 6.36. The zero-order valence-corrected chi connectivity index (χ0v) is 18.0. The summed E-state index contributed by atoms with van der Waals surface area (Å²) in [5.74, 6) is -0.525. The molecule has 7 nitrogen and oxygen atoms in total. The van der Waals surface area contributed by atoms with Gasteiger partial charge >= 0.3 is 0 Å². The van der Waals surface area contributed by atoms with Crippen molar-refractivity contribution in [3.63, 3.8) is 0 Å². The van der Waals surface area contributed by atoms with Crippen LogP contribution in [0.4, 0.5) is 4.39 Å². The van der Waals surface area contributed by atoms with E-state index in [9.17, 15) is 22.4 Å². The van der Waals surface area contributed by atoms with Gasteiger partial charge in [-0.25, -0.2) is 17.5 Å². The van der Waals surface area contributed by atoms with E-state index in [-0.39, 0.29) is 22.8 Å². The number of piperidine rings is 1. The molecule has 0 bridgehead atoms. The van der Waals surface area contributed by atoms with Crippen molar-refractivity contribution in [3.8, 4) is 0 Å². The number of hydrogen-bond acceptors (Lipinski definition) is 4. The molecule has 29 heavy (non-hydrogen) atoms. The lowest BCUT2D eigenvalue weighted by molar-refractivity contribution is -0.133. The lowest BCUT2D eigenvalue weighted by Gasteiger charge is -2.32. The molecule has 1 aliphatic heterocycles. The molecule has 1 aromatic rings. The lowest BCUT2D eigenvalue weighted by Crippen LogP contribution is -2.46. The van der Waals surface area contributed by atoms with Crippen molar-refractivity contribution in [2.24, 2.45) is 5.41 Å². The smallest absolute Gasteiger partial charge is 0.240 e. The topological polar surface area (TPSA) is 95.6 Å². The van der Waals surface area contributed by atoms with Crippen LogP contribution in [-0.4, -0.2) is 50.8 Å². The van der Waals surface area contributed by atoms with E-state index in [0.29, 0.717) is 45.3 Å². The first-order chi connectivity index (χ1) is 13.5. The third-order valence-electron chi connectivity index (χ3n) is 4.83. The zero-order valence-electron chi connectivity index (χ0n) is 17.2. The van der Waals surface area contributed by atoms with Crippen molar-refractivity contribution in [1.82, 2.24) is 14.9 Å². The number of hydrogen-bond donors (Lipinski definition) is 2. The van der Waals surface area contributed by atoms with Crippen LogP contribution in [-0.2, 0) is 19.6 Å². The van der Waals surface area contributed by atoms with Gasteiger partial charge in [0, 0.05) is 37.5 Å². The van der Waals surface area contributed by atoms with Crippen LogP contribution in [0.2, 0.25) is 0 Å². The number of sulfonamides is 1. The van der Waals surface area contributed by atoms with Crippen molar-refractivity contribution in [2.75, 3.05) is 19.6 Å². The molecule has 1 aliphatic rings. The van der Waals surface area contributed by atoms with Crippen molar-refractivity contribution < 1.29 is 22.4 Å². The number of carbonyl (C=O) groups excluding carboxylic acids is 2. The summed E-state index contributed by atoms with van der Waals surface area (Å²) >= 11 is 0. The summed E-state index contributed by atoms with van der Waals surface area (Å²) in [5.41, 5.74) is -0.451. The molecule has 2 amide bonds. The Balaban J connectivity index is 1.73. The van der Waals surface area contributed by atoms with Gasteiger partial charge in [-0.15, -0.1) is 0 Å². The molecule has 1 saturated heterocycles. The SMILES string of the molecule is CC(C)(C)C(=O)NCCCC(=O)N1CCC(NS(=O)(=O)c2ccc(F)cc2)CC1. The van der Waals surface area contributed by atoms with Crippen LogP contribution in [0.3, 0.4) is 0 Å². The maximum Gasteiger partial charge on any atom is 0.240 e. The van der Waals surface area contributed by atoms with E-state index >= 15 is 0 Å². The van der Waals surface area contributed by atoms with Gasteiger partial charge in [-0.3, -0.25) is 9.59 Å². The minimum absolute atomic E-state index is 0.00912. The third kappa shape index (κ3) is 7.08. The molecule has 0 aliphatic carbocycles. The summed E-state index contributed by atoms with van der Waals surface area (Å²) in [6, 6.07) is 4.42.